The van der Waals surface area contributed by atoms with Gasteiger partial charge in [-0.15, -0.1) is 0 Å². The number of halogens is 1. The lowest BCUT2D eigenvalue weighted by Gasteiger charge is -2.25. The zero-order valence-electron chi connectivity index (χ0n) is 9.73. The van der Waals surface area contributed by atoms with Gasteiger partial charge < -0.3 is 0 Å². The van der Waals surface area contributed by atoms with Crippen LogP contribution in [-0.4, -0.2) is 29.8 Å². The van der Waals surface area contributed by atoms with Gasteiger partial charge in [0.05, 0.1) is 11.6 Å². The molecule has 1 aromatic rings. The van der Waals surface area contributed by atoms with Crippen LogP contribution in [0.25, 0.3) is 0 Å². The van der Waals surface area contributed by atoms with Crippen LogP contribution < -0.4 is 0 Å². The van der Waals surface area contributed by atoms with Gasteiger partial charge in [0.15, 0.2) is 5.78 Å². The number of benzene rings is 1. The summed E-state index contributed by atoms with van der Waals surface area (Å²) in [7, 11) is 0. The van der Waals surface area contributed by atoms with Crippen molar-refractivity contribution in [3.05, 3.63) is 34.9 Å². The number of ketones is 1. The molecule has 0 radical (unpaired) electrons. The molecular formula is C14H16ClNO. The molecule has 1 saturated carbocycles. The summed E-state index contributed by atoms with van der Waals surface area (Å²) in [6.07, 6.45) is 3.90. The van der Waals surface area contributed by atoms with Gasteiger partial charge in [0.2, 0.25) is 0 Å². The predicted octanol–water partition coefficient (Wildman–Crippen LogP) is 3.01. The quantitative estimate of drug-likeness (QED) is 0.768. The first-order chi connectivity index (χ1) is 8.24. The number of carbonyl (C=O) groups excluding carboxylic acids is 1. The third-order valence-electron chi connectivity index (χ3n) is 4.04. The topological polar surface area (TPSA) is 20.3 Å². The lowest BCUT2D eigenvalue weighted by atomic mass is 10.1. The Morgan fingerprint density at radius 3 is 2.82 bits per heavy atom. The van der Waals surface area contributed by atoms with Crippen molar-refractivity contribution in [1.29, 1.82) is 0 Å². The molecule has 2 atom stereocenters. The first-order valence-electron chi connectivity index (χ1n) is 6.26. The lowest BCUT2D eigenvalue weighted by Crippen LogP contribution is -2.36. The van der Waals surface area contributed by atoms with Crippen LogP contribution in [0.5, 0.6) is 0 Å². The van der Waals surface area contributed by atoms with Crippen molar-refractivity contribution >= 4 is 17.4 Å². The number of rotatable bonds is 3. The number of piperidine rings is 1. The molecule has 90 valence electrons. The van der Waals surface area contributed by atoms with Crippen LogP contribution in [0.4, 0.5) is 0 Å². The summed E-state index contributed by atoms with van der Waals surface area (Å²) >= 11 is 6.04. The largest absolute Gasteiger partial charge is 0.293 e. The molecule has 3 rings (SSSR count). The van der Waals surface area contributed by atoms with E-state index in [2.05, 4.69) is 4.90 Å². The zero-order chi connectivity index (χ0) is 11.8. The molecule has 0 amide bonds. The van der Waals surface area contributed by atoms with Gasteiger partial charge in [-0.05, 0) is 37.3 Å². The van der Waals surface area contributed by atoms with Crippen molar-refractivity contribution in [1.82, 2.24) is 4.90 Å². The maximum Gasteiger partial charge on any atom is 0.178 e. The van der Waals surface area contributed by atoms with Crippen LogP contribution in [0.2, 0.25) is 5.02 Å². The monoisotopic (exact) mass is 249 g/mol. The Hall–Kier alpha value is -0.860. The molecular weight excluding hydrogens is 234 g/mol. The van der Waals surface area contributed by atoms with Crippen LogP contribution >= 0.6 is 11.6 Å². The second-order valence-electron chi connectivity index (χ2n) is 5.17. The smallest absolute Gasteiger partial charge is 0.178 e. The third kappa shape index (κ3) is 2.12. The summed E-state index contributed by atoms with van der Waals surface area (Å²) in [5.41, 5.74) is 0.664. The molecule has 1 heterocycles. The van der Waals surface area contributed by atoms with Crippen LogP contribution in [0, 0.1) is 5.92 Å². The maximum atomic E-state index is 12.2. The predicted molar refractivity (Wildman–Crippen MR) is 68.5 cm³/mol. The van der Waals surface area contributed by atoms with E-state index in [4.69, 9.17) is 11.6 Å². The van der Waals surface area contributed by atoms with Gasteiger partial charge in [0, 0.05) is 18.2 Å². The molecule has 2 nitrogen and oxygen atoms in total. The Bertz CT molecular complexity index is 446. The number of fused-ring (bicyclic) bond motifs is 2. The number of hydrogen-bond donors (Lipinski definition) is 0. The molecule has 3 heteroatoms. The highest BCUT2D eigenvalue weighted by Gasteiger charge is 2.38. The van der Waals surface area contributed by atoms with E-state index in [1.807, 2.05) is 18.2 Å². The summed E-state index contributed by atoms with van der Waals surface area (Å²) in [5, 5.41) is 0.571. The fourth-order valence-electron chi connectivity index (χ4n) is 3.18. The van der Waals surface area contributed by atoms with E-state index >= 15 is 0 Å². The Balaban J connectivity index is 1.70. The molecule has 1 saturated heterocycles. The number of nitrogens with zero attached hydrogens (tertiary/aromatic N) is 1. The Morgan fingerprint density at radius 2 is 2.18 bits per heavy atom. The molecule has 0 aromatic heterocycles. The standard InChI is InChI=1S/C14H16ClNO/c15-13-4-2-1-3-12(13)14(17)9-16-8-10-5-6-11(16)7-10/h1-4,10-11H,5-9H2. The highest BCUT2D eigenvalue weighted by molar-refractivity contribution is 6.34. The van der Waals surface area contributed by atoms with Gasteiger partial charge in [-0.2, -0.15) is 0 Å². The number of carbonyl (C=O) groups is 1. The van der Waals surface area contributed by atoms with E-state index in [0.29, 0.717) is 23.2 Å². The van der Waals surface area contributed by atoms with E-state index in [0.717, 1.165) is 12.5 Å². The first-order valence-corrected chi connectivity index (χ1v) is 6.63. The zero-order valence-corrected chi connectivity index (χ0v) is 10.5. The number of likely N-dealkylation sites (tertiary alicyclic amines) is 1. The van der Waals surface area contributed by atoms with Crippen LogP contribution in [-0.2, 0) is 0 Å². The van der Waals surface area contributed by atoms with Crippen molar-refractivity contribution in [3.63, 3.8) is 0 Å². The van der Waals surface area contributed by atoms with Crippen molar-refractivity contribution in [2.45, 2.75) is 25.3 Å². The minimum absolute atomic E-state index is 0.156. The molecule has 17 heavy (non-hydrogen) atoms. The highest BCUT2D eigenvalue weighted by Crippen LogP contribution is 2.37. The van der Waals surface area contributed by atoms with Gasteiger partial charge in [0.1, 0.15) is 0 Å². The molecule has 2 aliphatic rings. The van der Waals surface area contributed by atoms with Gasteiger partial charge in [-0.25, -0.2) is 0 Å². The summed E-state index contributed by atoms with van der Waals surface area (Å²) in [6.45, 7) is 1.63. The van der Waals surface area contributed by atoms with E-state index in [1.54, 1.807) is 6.07 Å². The van der Waals surface area contributed by atoms with Crippen LogP contribution in [0.15, 0.2) is 24.3 Å². The Labute approximate surface area is 107 Å². The Kier molecular flexibility index (Phi) is 2.93. The van der Waals surface area contributed by atoms with E-state index < -0.39 is 0 Å². The minimum atomic E-state index is 0.156. The minimum Gasteiger partial charge on any atom is -0.293 e. The highest BCUT2D eigenvalue weighted by atomic mass is 35.5. The van der Waals surface area contributed by atoms with Gasteiger partial charge >= 0.3 is 0 Å². The van der Waals surface area contributed by atoms with E-state index in [1.165, 1.54) is 19.3 Å². The maximum absolute atomic E-state index is 12.2. The molecule has 1 aliphatic heterocycles. The normalized spacial score (nSPS) is 27.6. The SMILES string of the molecule is O=C(CN1CC2CCC1C2)c1ccccc1Cl. The summed E-state index contributed by atoms with van der Waals surface area (Å²) in [6, 6.07) is 7.97. The number of Topliss-reactive ketones (excluding diaryl/α,β-unsaturated/α-hetero) is 1. The van der Waals surface area contributed by atoms with Crippen molar-refractivity contribution in [3.8, 4) is 0 Å². The van der Waals surface area contributed by atoms with E-state index in [9.17, 15) is 4.79 Å². The first kappa shape index (κ1) is 11.2. The molecule has 2 unspecified atom stereocenters. The number of hydrogen-bond acceptors (Lipinski definition) is 2. The second kappa shape index (κ2) is 4.43. The fraction of sp³-hybridized carbons (Fsp3) is 0.500. The average Bonchev–Trinajstić information content (AvgIpc) is 2.91. The Morgan fingerprint density at radius 1 is 1.35 bits per heavy atom. The molecule has 1 aromatic carbocycles. The molecule has 0 N–H and O–H groups in total. The summed E-state index contributed by atoms with van der Waals surface area (Å²) in [5.74, 6) is 0.988. The third-order valence-corrected chi connectivity index (χ3v) is 4.37. The summed E-state index contributed by atoms with van der Waals surface area (Å²) < 4.78 is 0. The molecule has 0 spiro atoms. The van der Waals surface area contributed by atoms with E-state index in [-0.39, 0.29) is 5.78 Å². The molecule has 2 fully saturated rings. The van der Waals surface area contributed by atoms with Crippen LogP contribution in [0.1, 0.15) is 29.6 Å². The fourth-order valence-corrected chi connectivity index (χ4v) is 3.42. The summed E-state index contributed by atoms with van der Waals surface area (Å²) in [4.78, 5) is 14.5. The van der Waals surface area contributed by atoms with Crippen LogP contribution in [0.3, 0.4) is 0 Å². The van der Waals surface area contributed by atoms with Gasteiger partial charge in [-0.3, -0.25) is 9.69 Å². The lowest BCUT2D eigenvalue weighted by molar-refractivity contribution is 0.0905. The molecule has 1 aliphatic carbocycles. The van der Waals surface area contributed by atoms with Gasteiger partial charge in [0.25, 0.3) is 0 Å². The van der Waals surface area contributed by atoms with Crippen molar-refractivity contribution in [2.75, 3.05) is 13.1 Å². The van der Waals surface area contributed by atoms with Crippen molar-refractivity contribution < 1.29 is 4.79 Å². The molecule has 2 bridgehead atoms. The van der Waals surface area contributed by atoms with Gasteiger partial charge in [-0.1, -0.05) is 23.7 Å². The second-order valence-corrected chi connectivity index (χ2v) is 5.57. The average molecular weight is 250 g/mol. The van der Waals surface area contributed by atoms with Crippen molar-refractivity contribution in [2.24, 2.45) is 5.92 Å².